The minimum absolute atomic E-state index is 0.0846. The molecule has 0 aromatic carbocycles. The van der Waals surface area contributed by atoms with Crippen LogP contribution >= 0.6 is 27.3 Å². The molecule has 5 nitrogen and oxygen atoms in total. The number of amides is 1. The number of sulfone groups is 1. The van der Waals surface area contributed by atoms with Crippen molar-refractivity contribution in [2.45, 2.75) is 30.4 Å². The summed E-state index contributed by atoms with van der Waals surface area (Å²) < 4.78 is 24.6. The molecule has 1 aliphatic heterocycles. The van der Waals surface area contributed by atoms with E-state index in [1.54, 1.807) is 17.6 Å². The third-order valence-electron chi connectivity index (χ3n) is 3.43. The number of halogens is 1. The SMILES string of the molecule is O=C(CC1(c2ccc(Br)s2)CCCCS1(=O)=O)NO. The molecule has 8 heteroatoms. The van der Waals surface area contributed by atoms with Crippen LogP contribution in [0.5, 0.6) is 0 Å². The highest BCUT2D eigenvalue weighted by Crippen LogP contribution is 2.46. The quantitative estimate of drug-likeness (QED) is 0.633. The Kier molecular flexibility index (Phi) is 4.34. The van der Waals surface area contributed by atoms with Crippen LogP contribution in [0.2, 0.25) is 0 Å². The number of nitrogens with one attached hydrogen (secondary N) is 1. The van der Waals surface area contributed by atoms with E-state index in [9.17, 15) is 13.2 Å². The fraction of sp³-hybridized carbons (Fsp3) is 0.545. The second kappa shape index (κ2) is 5.51. The highest BCUT2D eigenvalue weighted by atomic mass is 79.9. The Labute approximate surface area is 124 Å². The lowest BCUT2D eigenvalue weighted by molar-refractivity contribution is -0.130. The first-order valence-corrected chi connectivity index (χ1v) is 9.08. The van der Waals surface area contributed by atoms with E-state index in [4.69, 9.17) is 5.21 Å². The lowest BCUT2D eigenvalue weighted by Gasteiger charge is -2.35. The van der Waals surface area contributed by atoms with E-state index in [1.807, 2.05) is 0 Å². The molecule has 0 radical (unpaired) electrons. The molecule has 0 spiro atoms. The van der Waals surface area contributed by atoms with Crippen molar-refractivity contribution in [3.05, 3.63) is 20.8 Å². The van der Waals surface area contributed by atoms with Gasteiger partial charge in [-0.1, -0.05) is 6.42 Å². The Hall–Kier alpha value is -0.440. The number of hydrogen-bond donors (Lipinski definition) is 2. The molecule has 2 heterocycles. The van der Waals surface area contributed by atoms with Gasteiger partial charge in [-0.25, -0.2) is 13.9 Å². The van der Waals surface area contributed by atoms with Gasteiger partial charge in [-0.15, -0.1) is 11.3 Å². The fourth-order valence-electron chi connectivity index (χ4n) is 2.47. The van der Waals surface area contributed by atoms with Crippen molar-refractivity contribution in [3.63, 3.8) is 0 Å². The predicted molar refractivity (Wildman–Crippen MR) is 75.9 cm³/mol. The van der Waals surface area contributed by atoms with Gasteiger partial charge in [0.2, 0.25) is 5.91 Å². The fourth-order valence-corrected chi connectivity index (χ4v) is 6.63. The Morgan fingerprint density at radius 2 is 2.21 bits per heavy atom. The predicted octanol–water partition coefficient (Wildman–Crippen LogP) is 2.20. The number of rotatable bonds is 3. The van der Waals surface area contributed by atoms with Crippen molar-refractivity contribution >= 4 is 43.0 Å². The van der Waals surface area contributed by atoms with Crippen LogP contribution in [0, 0.1) is 0 Å². The van der Waals surface area contributed by atoms with Gasteiger partial charge in [0.1, 0.15) is 4.75 Å². The zero-order valence-electron chi connectivity index (χ0n) is 10.1. The van der Waals surface area contributed by atoms with Gasteiger partial charge in [0.15, 0.2) is 9.84 Å². The maximum absolute atomic E-state index is 12.5. The van der Waals surface area contributed by atoms with Crippen LogP contribution in [0.25, 0.3) is 0 Å². The standard InChI is InChI=1S/C11H14BrNO4S2/c12-9-4-3-8(18-9)11(7-10(14)13-15)5-1-2-6-19(11,16)17/h3-4,15H,1-2,5-7H2,(H,13,14). The van der Waals surface area contributed by atoms with Gasteiger partial charge >= 0.3 is 0 Å². The van der Waals surface area contributed by atoms with Crippen LogP contribution in [0.3, 0.4) is 0 Å². The molecule has 1 fully saturated rings. The van der Waals surface area contributed by atoms with Crippen molar-refractivity contribution in [1.29, 1.82) is 0 Å². The normalized spacial score (nSPS) is 26.0. The Morgan fingerprint density at radius 3 is 2.74 bits per heavy atom. The number of thiophene rings is 1. The molecule has 1 aliphatic rings. The van der Waals surface area contributed by atoms with Crippen LogP contribution in [0.4, 0.5) is 0 Å². The summed E-state index contributed by atoms with van der Waals surface area (Å²) in [5, 5.41) is 8.70. The van der Waals surface area contributed by atoms with E-state index in [0.717, 1.165) is 10.2 Å². The first kappa shape index (κ1) is 15.0. The number of carbonyl (C=O) groups is 1. The molecule has 0 aliphatic carbocycles. The van der Waals surface area contributed by atoms with Crippen molar-refractivity contribution in [1.82, 2.24) is 5.48 Å². The van der Waals surface area contributed by atoms with Gasteiger partial charge in [-0.2, -0.15) is 0 Å². The molecular formula is C11H14BrNO4S2. The Morgan fingerprint density at radius 1 is 1.47 bits per heavy atom. The molecule has 1 unspecified atom stereocenters. The lowest BCUT2D eigenvalue weighted by atomic mass is 9.94. The first-order valence-electron chi connectivity index (χ1n) is 5.82. The van der Waals surface area contributed by atoms with Gasteiger partial charge in [0.25, 0.3) is 0 Å². The summed E-state index contributed by atoms with van der Waals surface area (Å²) in [6.45, 7) is 0. The summed E-state index contributed by atoms with van der Waals surface area (Å²) in [5.74, 6) is -0.587. The largest absolute Gasteiger partial charge is 0.289 e. The van der Waals surface area contributed by atoms with Crippen LogP contribution in [-0.2, 0) is 19.4 Å². The Bertz CT molecular complexity index is 583. The maximum atomic E-state index is 12.5. The molecule has 1 saturated heterocycles. The lowest BCUT2D eigenvalue weighted by Crippen LogP contribution is -2.43. The summed E-state index contributed by atoms with van der Waals surface area (Å²) in [5.41, 5.74) is 1.54. The molecule has 2 rings (SSSR count). The third-order valence-corrected chi connectivity index (χ3v) is 7.97. The van der Waals surface area contributed by atoms with Crippen molar-refractivity contribution in [3.8, 4) is 0 Å². The maximum Gasteiger partial charge on any atom is 0.245 e. The van der Waals surface area contributed by atoms with Gasteiger partial charge < -0.3 is 0 Å². The molecule has 19 heavy (non-hydrogen) atoms. The van der Waals surface area contributed by atoms with E-state index in [-0.39, 0.29) is 12.2 Å². The van der Waals surface area contributed by atoms with E-state index < -0.39 is 20.5 Å². The molecule has 106 valence electrons. The van der Waals surface area contributed by atoms with E-state index in [2.05, 4.69) is 15.9 Å². The third kappa shape index (κ3) is 2.72. The van der Waals surface area contributed by atoms with E-state index >= 15 is 0 Å². The highest BCUT2D eigenvalue weighted by Gasteiger charge is 2.49. The molecule has 1 amide bonds. The van der Waals surface area contributed by atoms with Crippen molar-refractivity contribution in [2.24, 2.45) is 0 Å². The number of carbonyl (C=O) groups excluding carboxylic acids is 1. The first-order chi connectivity index (χ1) is 8.91. The summed E-state index contributed by atoms with van der Waals surface area (Å²) >= 11 is 4.64. The molecule has 0 bridgehead atoms. The summed E-state index contributed by atoms with van der Waals surface area (Å²) in [4.78, 5) is 12.2. The monoisotopic (exact) mass is 367 g/mol. The minimum Gasteiger partial charge on any atom is -0.289 e. The zero-order chi connectivity index (χ0) is 14.1. The van der Waals surface area contributed by atoms with Crippen LogP contribution < -0.4 is 5.48 Å². The summed E-state index contributed by atoms with van der Waals surface area (Å²) in [7, 11) is -3.41. The molecule has 1 atom stereocenters. The second-order valence-corrected chi connectivity index (χ2v) is 9.47. The van der Waals surface area contributed by atoms with Crippen LogP contribution in [0.1, 0.15) is 30.6 Å². The minimum atomic E-state index is -3.41. The van der Waals surface area contributed by atoms with Gasteiger partial charge in [0, 0.05) is 4.88 Å². The van der Waals surface area contributed by atoms with Crippen molar-refractivity contribution in [2.75, 3.05) is 5.75 Å². The molecule has 2 N–H and O–H groups in total. The van der Waals surface area contributed by atoms with Crippen LogP contribution in [-0.4, -0.2) is 25.3 Å². The molecular weight excluding hydrogens is 354 g/mol. The molecule has 1 aromatic rings. The topological polar surface area (TPSA) is 83.5 Å². The Balaban J connectivity index is 2.52. The molecule has 0 saturated carbocycles. The average molecular weight is 368 g/mol. The van der Waals surface area contributed by atoms with Crippen molar-refractivity contribution < 1.29 is 18.4 Å². The average Bonchev–Trinajstić information content (AvgIpc) is 2.78. The summed E-state index contributed by atoms with van der Waals surface area (Å²) in [6.07, 6.45) is 1.55. The zero-order valence-corrected chi connectivity index (χ0v) is 13.3. The van der Waals surface area contributed by atoms with E-state index in [1.165, 1.54) is 11.3 Å². The van der Waals surface area contributed by atoms with Gasteiger partial charge in [-0.3, -0.25) is 10.0 Å². The number of hydroxylamine groups is 1. The van der Waals surface area contributed by atoms with Gasteiger partial charge in [0.05, 0.1) is 16.0 Å². The summed E-state index contributed by atoms with van der Waals surface area (Å²) in [6, 6.07) is 3.52. The van der Waals surface area contributed by atoms with Gasteiger partial charge in [-0.05, 0) is 40.9 Å². The highest BCUT2D eigenvalue weighted by molar-refractivity contribution is 9.11. The molecule has 1 aromatic heterocycles. The second-order valence-electron chi connectivity index (χ2n) is 4.59. The smallest absolute Gasteiger partial charge is 0.245 e. The number of hydrogen-bond acceptors (Lipinski definition) is 5. The van der Waals surface area contributed by atoms with E-state index in [0.29, 0.717) is 17.7 Å². The van der Waals surface area contributed by atoms with Crippen LogP contribution in [0.15, 0.2) is 15.9 Å².